The number of hydrogen-bond acceptors (Lipinski definition) is 2. The number of aromatic nitrogens is 1. The van der Waals surface area contributed by atoms with Gasteiger partial charge in [0.2, 0.25) is 5.88 Å². The summed E-state index contributed by atoms with van der Waals surface area (Å²) in [6, 6.07) is 9.97. The van der Waals surface area contributed by atoms with Crippen LogP contribution in [0.3, 0.4) is 0 Å². The second kappa shape index (κ2) is 5.63. The van der Waals surface area contributed by atoms with Crippen LogP contribution in [0.1, 0.15) is 26.3 Å². The molecule has 0 bridgehead atoms. The van der Waals surface area contributed by atoms with E-state index in [2.05, 4.69) is 63.7 Å². The van der Waals surface area contributed by atoms with Crippen molar-refractivity contribution in [3.8, 4) is 11.6 Å². The van der Waals surface area contributed by atoms with Gasteiger partial charge in [0.15, 0.2) is 0 Å². The summed E-state index contributed by atoms with van der Waals surface area (Å²) in [6.07, 6.45) is 1.72. The van der Waals surface area contributed by atoms with Gasteiger partial charge in [0, 0.05) is 16.2 Å². The largest absolute Gasteiger partial charge is 0.438 e. The molecule has 0 amide bonds. The fourth-order valence-corrected chi connectivity index (χ4v) is 2.82. The Hall–Kier alpha value is -0.870. The number of para-hydroxylation sites is 1. The molecular formula is C15H15Br2NO. The fraction of sp³-hybridized carbons (Fsp3) is 0.267. The normalized spacial score (nSPS) is 11.4. The number of ether oxygens (including phenoxy) is 1. The average Bonchev–Trinajstić information content (AvgIpc) is 2.32. The molecule has 0 saturated carbocycles. The second-order valence-corrected chi connectivity index (χ2v) is 7.06. The summed E-state index contributed by atoms with van der Waals surface area (Å²) in [4.78, 5) is 4.28. The molecule has 0 radical (unpaired) electrons. The third-order valence-electron chi connectivity index (χ3n) is 2.68. The standard InChI is InChI=1S/C15H15Br2NO/c1-15(2,3)11-6-4-5-7-13(11)19-14-12(17)8-10(16)9-18-14/h4-9H,1-3H3. The van der Waals surface area contributed by atoms with Crippen molar-refractivity contribution in [3.63, 3.8) is 0 Å². The molecule has 19 heavy (non-hydrogen) atoms. The SMILES string of the molecule is CC(C)(C)c1ccccc1Oc1ncc(Br)cc1Br. The van der Waals surface area contributed by atoms with E-state index in [0.717, 1.165) is 20.3 Å². The number of nitrogens with zero attached hydrogens (tertiary/aromatic N) is 1. The van der Waals surface area contributed by atoms with Gasteiger partial charge in [-0.2, -0.15) is 0 Å². The number of benzene rings is 1. The van der Waals surface area contributed by atoms with Crippen molar-refractivity contribution in [1.29, 1.82) is 0 Å². The van der Waals surface area contributed by atoms with E-state index in [-0.39, 0.29) is 5.41 Å². The van der Waals surface area contributed by atoms with Crippen LogP contribution in [0, 0.1) is 0 Å². The van der Waals surface area contributed by atoms with E-state index < -0.39 is 0 Å². The van der Waals surface area contributed by atoms with Crippen molar-refractivity contribution in [2.75, 3.05) is 0 Å². The van der Waals surface area contributed by atoms with Gasteiger partial charge in [-0.25, -0.2) is 4.98 Å². The summed E-state index contributed by atoms with van der Waals surface area (Å²) < 4.78 is 7.68. The lowest BCUT2D eigenvalue weighted by atomic mass is 9.86. The smallest absolute Gasteiger partial charge is 0.233 e. The predicted octanol–water partition coefficient (Wildman–Crippen LogP) is 5.70. The first-order chi connectivity index (χ1) is 8.88. The van der Waals surface area contributed by atoms with E-state index in [4.69, 9.17) is 4.74 Å². The Labute approximate surface area is 130 Å². The molecule has 2 aromatic rings. The molecule has 0 aliphatic carbocycles. The van der Waals surface area contributed by atoms with Gasteiger partial charge >= 0.3 is 0 Å². The van der Waals surface area contributed by atoms with Gasteiger partial charge in [-0.1, -0.05) is 39.0 Å². The molecule has 0 N–H and O–H groups in total. The van der Waals surface area contributed by atoms with Crippen LogP contribution >= 0.6 is 31.9 Å². The van der Waals surface area contributed by atoms with E-state index in [1.54, 1.807) is 6.20 Å². The first-order valence-electron chi connectivity index (χ1n) is 5.96. The maximum Gasteiger partial charge on any atom is 0.233 e. The van der Waals surface area contributed by atoms with Gasteiger partial charge in [-0.3, -0.25) is 0 Å². The van der Waals surface area contributed by atoms with Crippen LogP contribution in [0.25, 0.3) is 0 Å². The summed E-state index contributed by atoms with van der Waals surface area (Å²) in [5.74, 6) is 1.41. The minimum absolute atomic E-state index is 0.0262. The van der Waals surface area contributed by atoms with Gasteiger partial charge in [0.25, 0.3) is 0 Å². The molecule has 2 rings (SSSR count). The summed E-state index contributed by atoms with van der Waals surface area (Å²) in [5, 5.41) is 0. The van der Waals surface area contributed by atoms with Crippen LogP contribution in [-0.2, 0) is 5.41 Å². The van der Waals surface area contributed by atoms with Gasteiger partial charge in [0.1, 0.15) is 5.75 Å². The number of halogens is 2. The highest BCUT2D eigenvalue weighted by atomic mass is 79.9. The molecule has 0 saturated heterocycles. The maximum atomic E-state index is 5.94. The van der Waals surface area contributed by atoms with Gasteiger partial charge < -0.3 is 4.74 Å². The Morgan fingerprint density at radius 3 is 2.42 bits per heavy atom. The lowest BCUT2D eigenvalue weighted by Gasteiger charge is -2.22. The highest BCUT2D eigenvalue weighted by molar-refractivity contribution is 9.11. The van der Waals surface area contributed by atoms with Crippen LogP contribution in [0.4, 0.5) is 0 Å². The average molecular weight is 385 g/mol. The lowest BCUT2D eigenvalue weighted by molar-refractivity contribution is 0.437. The Morgan fingerprint density at radius 2 is 1.79 bits per heavy atom. The van der Waals surface area contributed by atoms with Crippen LogP contribution in [-0.4, -0.2) is 4.98 Å². The van der Waals surface area contributed by atoms with Crippen molar-refractivity contribution in [3.05, 3.63) is 51.0 Å². The topological polar surface area (TPSA) is 22.1 Å². The minimum Gasteiger partial charge on any atom is -0.438 e. The van der Waals surface area contributed by atoms with E-state index >= 15 is 0 Å². The zero-order valence-corrected chi connectivity index (χ0v) is 14.2. The number of rotatable bonds is 2. The van der Waals surface area contributed by atoms with E-state index in [0.29, 0.717) is 5.88 Å². The summed E-state index contributed by atoms with van der Waals surface area (Å²) in [6.45, 7) is 6.50. The number of pyridine rings is 1. The minimum atomic E-state index is 0.0262. The molecule has 0 fully saturated rings. The maximum absolute atomic E-state index is 5.94. The Kier molecular flexibility index (Phi) is 4.31. The van der Waals surface area contributed by atoms with Gasteiger partial charge in [-0.15, -0.1) is 0 Å². The number of hydrogen-bond donors (Lipinski definition) is 0. The van der Waals surface area contributed by atoms with Crippen LogP contribution in [0.15, 0.2) is 45.5 Å². The van der Waals surface area contributed by atoms with E-state index in [9.17, 15) is 0 Å². The fourth-order valence-electron chi connectivity index (χ4n) is 1.76. The zero-order chi connectivity index (χ0) is 14.0. The molecule has 100 valence electrons. The molecule has 4 heteroatoms. The predicted molar refractivity (Wildman–Crippen MR) is 84.9 cm³/mol. The van der Waals surface area contributed by atoms with Gasteiger partial charge in [-0.05, 0) is 49.4 Å². The first-order valence-corrected chi connectivity index (χ1v) is 7.55. The molecule has 1 aromatic heterocycles. The highest BCUT2D eigenvalue weighted by Crippen LogP contribution is 2.36. The first kappa shape index (κ1) is 14.5. The molecule has 0 aliphatic rings. The Bertz CT molecular complexity index is 591. The van der Waals surface area contributed by atoms with Gasteiger partial charge in [0.05, 0.1) is 4.47 Å². The highest BCUT2D eigenvalue weighted by Gasteiger charge is 2.19. The molecule has 0 atom stereocenters. The van der Waals surface area contributed by atoms with E-state index in [1.807, 2.05) is 24.3 Å². The second-order valence-electron chi connectivity index (χ2n) is 5.29. The van der Waals surface area contributed by atoms with Crippen LogP contribution in [0.5, 0.6) is 11.6 Å². The van der Waals surface area contributed by atoms with Crippen LogP contribution in [0.2, 0.25) is 0 Å². The molecule has 1 aromatic carbocycles. The molecule has 0 spiro atoms. The Balaban J connectivity index is 2.39. The quantitative estimate of drug-likeness (QED) is 0.662. The monoisotopic (exact) mass is 383 g/mol. The molecular weight excluding hydrogens is 370 g/mol. The Morgan fingerprint density at radius 1 is 1.11 bits per heavy atom. The summed E-state index contributed by atoms with van der Waals surface area (Å²) in [7, 11) is 0. The third-order valence-corrected chi connectivity index (χ3v) is 3.68. The van der Waals surface area contributed by atoms with E-state index in [1.165, 1.54) is 0 Å². The summed E-state index contributed by atoms with van der Waals surface area (Å²) in [5.41, 5.74) is 1.19. The van der Waals surface area contributed by atoms with Crippen LogP contribution < -0.4 is 4.74 Å². The molecule has 1 heterocycles. The lowest BCUT2D eigenvalue weighted by Crippen LogP contribution is -2.12. The van der Waals surface area contributed by atoms with Crippen molar-refractivity contribution in [2.45, 2.75) is 26.2 Å². The van der Waals surface area contributed by atoms with Crippen molar-refractivity contribution in [1.82, 2.24) is 4.98 Å². The van der Waals surface area contributed by atoms with Crippen molar-refractivity contribution in [2.24, 2.45) is 0 Å². The molecule has 0 unspecified atom stereocenters. The van der Waals surface area contributed by atoms with Crippen molar-refractivity contribution < 1.29 is 4.74 Å². The zero-order valence-electron chi connectivity index (χ0n) is 11.1. The molecule has 2 nitrogen and oxygen atoms in total. The molecule has 0 aliphatic heterocycles. The third kappa shape index (κ3) is 3.57. The van der Waals surface area contributed by atoms with Crippen molar-refractivity contribution >= 4 is 31.9 Å². The summed E-state index contributed by atoms with van der Waals surface area (Å²) >= 11 is 6.84.